The Bertz CT molecular complexity index is 565. The van der Waals surface area contributed by atoms with E-state index in [0.29, 0.717) is 5.56 Å². The minimum Gasteiger partial charge on any atom is -0.461 e. The largest absolute Gasteiger partial charge is 0.461 e. The van der Waals surface area contributed by atoms with E-state index in [4.69, 9.17) is 9.47 Å². The van der Waals surface area contributed by atoms with Crippen LogP contribution in [0.1, 0.15) is 68.2 Å². The van der Waals surface area contributed by atoms with Gasteiger partial charge in [0.25, 0.3) is 0 Å². The summed E-state index contributed by atoms with van der Waals surface area (Å²) < 4.78 is 11.6. The van der Waals surface area contributed by atoms with Crippen molar-refractivity contribution in [2.45, 2.75) is 59.0 Å². The van der Waals surface area contributed by atoms with E-state index in [9.17, 15) is 9.59 Å². The third kappa shape index (κ3) is 3.43. The van der Waals surface area contributed by atoms with Gasteiger partial charge in [-0.25, -0.2) is 9.59 Å². The van der Waals surface area contributed by atoms with Gasteiger partial charge >= 0.3 is 12.1 Å². The second-order valence-corrected chi connectivity index (χ2v) is 6.25. The summed E-state index contributed by atoms with van der Waals surface area (Å²) in [6.07, 6.45) is 1.44. The lowest BCUT2D eigenvalue weighted by molar-refractivity contribution is 0.0498. The molecule has 6 nitrogen and oxygen atoms in total. The highest BCUT2D eigenvalue weighted by Crippen LogP contribution is 2.42. The third-order valence-electron chi connectivity index (χ3n) is 3.17. The molecule has 1 aromatic heterocycles. The van der Waals surface area contributed by atoms with E-state index in [1.807, 2.05) is 0 Å². The second kappa shape index (κ2) is 5.50. The molecular weight excluding hydrogens is 272 g/mol. The molecule has 1 aliphatic rings. The lowest BCUT2D eigenvalue weighted by Gasteiger charge is -2.19. The van der Waals surface area contributed by atoms with Crippen molar-refractivity contribution in [3.05, 3.63) is 17.0 Å². The van der Waals surface area contributed by atoms with E-state index in [2.05, 4.69) is 5.10 Å². The van der Waals surface area contributed by atoms with Crippen molar-refractivity contribution in [1.82, 2.24) is 9.78 Å². The van der Waals surface area contributed by atoms with Crippen molar-refractivity contribution < 1.29 is 19.1 Å². The number of nitrogens with zero attached hydrogens (tertiary/aromatic N) is 2. The highest BCUT2D eigenvalue weighted by Gasteiger charge is 2.35. The molecule has 21 heavy (non-hydrogen) atoms. The first kappa shape index (κ1) is 15.5. The number of hydrogen-bond donors (Lipinski definition) is 0. The first-order valence-corrected chi connectivity index (χ1v) is 7.24. The fraction of sp³-hybridized carbons (Fsp3) is 0.667. The van der Waals surface area contributed by atoms with Crippen molar-refractivity contribution in [3.63, 3.8) is 0 Å². The molecule has 0 atom stereocenters. The number of carbonyl (C=O) groups is 2. The molecule has 0 unspecified atom stereocenters. The van der Waals surface area contributed by atoms with Crippen molar-refractivity contribution in [2.24, 2.45) is 0 Å². The predicted octanol–water partition coefficient (Wildman–Crippen LogP) is 3.03. The molecule has 116 valence electrons. The van der Waals surface area contributed by atoms with Gasteiger partial charge in [0.15, 0.2) is 5.69 Å². The van der Waals surface area contributed by atoms with Gasteiger partial charge in [-0.05, 0) is 47.5 Å². The minimum atomic E-state index is -0.609. The normalized spacial score (nSPS) is 14.9. The number of rotatable bonds is 3. The van der Waals surface area contributed by atoms with Crippen LogP contribution in [0.25, 0.3) is 0 Å². The Kier molecular flexibility index (Phi) is 4.07. The van der Waals surface area contributed by atoms with E-state index in [-0.39, 0.29) is 18.2 Å². The molecule has 0 bridgehead atoms. The molecule has 0 saturated heterocycles. The standard InChI is InChI=1S/C15H22N2O4/c1-6-20-13(18)11-9(2)12(10-7-8-10)17(16-11)14(19)21-15(3,4)5/h10H,6-8H2,1-5H3. The summed E-state index contributed by atoms with van der Waals surface area (Å²) >= 11 is 0. The van der Waals surface area contributed by atoms with Crippen LogP contribution in [0.4, 0.5) is 4.79 Å². The summed E-state index contributed by atoms with van der Waals surface area (Å²) in [5.41, 5.74) is 1.07. The molecule has 1 aromatic rings. The lowest BCUT2D eigenvalue weighted by atomic mass is 10.1. The summed E-state index contributed by atoms with van der Waals surface area (Å²) in [6, 6.07) is 0. The van der Waals surface area contributed by atoms with Gasteiger partial charge in [-0.15, -0.1) is 0 Å². The second-order valence-electron chi connectivity index (χ2n) is 6.25. The molecule has 0 amide bonds. The van der Waals surface area contributed by atoms with Crippen molar-refractivity contribution >= 4 is 12.1 Å². The maximum atomic E-state index is 12.3. The highest BCUT2D eigenvalue weighted by molar-refractivity contribution is 5.90. The van der Waals surface area contributed by atoms with Gasteiger partial charge in [0.1, 0.15) is 5.60 Å². The Morgan fingerprint density at radius 1 is 1.33 bits per heavy atom. The molecule has 0 spiro atoms. The number of ether oxygens (including phenoxy) is 2. The molecule has 1 aliphatic carbocycles. The zero-order valence-corrected chi connectivity index (χ0v) is 13.2. The topological polar surface area (TPSA) is 70.4 Å². The van der Waals surface area contributed by atoms with Gasteiger partial charge in [-0.3, -0.25) is 0 Å². The van der Waals surface area contributed by atoms with Gasteiger partial charge in [-0.2, -0.15) is 9.78 Å². The predicted molar refractivity (Wildman–Crippen MR) is 76.5 cm³/mol. The Hall–Kier alpha value is -1.85. The summed E-state index contributed by atoms with van der Waals surface area (Å²) in [5, 5.41) is 4.14. The van der Waals surface area contributed by atoms with E-state index >= 15 is 0 Å². The summed E-state index contributed by atoms with van der Waals surface area (Å²) in [4.78, 5) is 24.2. The molecule has 1 saturated carbocycles. The molecule has 0 aliphatic heterocycles. The van der Waals surface area contributed by atoms with E-state index in [1.54, 1.807) is 34.6 Å². The maximum Gasteiger partial charge on any atom is 0.435 e. The van der Waals surface area contributed by atoms with Gasteiger partial charge in [0, 0.05) is 11.5 Å². The summed E-state index contributed by atoms with van der Waals surface area (Å²) in [6.45, 7) is 9.20. The van der Waals surface area contributed by atoms with Gasteiger partial charge in [-0.1, -0.05) is 0 Å². The molecule has 6 heteroatoms. The van der Waals surface area contributed by atoms with Gasteiger partial charge < -0.3 is 9.47 Å². The highest BCUT2D eigenvalue weighted by atomic mass is 16.6. The summed E-state index contributed by atoms with van der Waals surface area (Å²) in [5.74, 6) is -0.229. The lowest BCUT2D eigenvalue weighted by Crippen LogP contribution is -2.29. The SMILES string of the molecule is CCOC(=O)c1nn(C(=O)OC(C)(C)C)c(C2CC2)c1C. The third-order valence-corrected chi connectivity index (χ3v) is 3.17. The maximum absolute atomic E-state index is 12.3. The van der Waals surface area contributed by atoms with E-state index < -0.39 is 17.7 Å². The van der Waals surface area contributed by atoms with Crippen LogP contribution in [0, 0.1) is 6.92 Å². The first-order valence-electron chi connectivity index (χ1n) is 7.24. The van der Waals surface area contributed by atoms with Gasteiger partial charge in [0.2, 0.25) is 0 Å². The van der Waals surface area contributed by atoms with Crippen LogP contribution in [0.15, 0.2) is 0 Å². The minimum absolute atomic E-state index is 0.199. The van der Waals surface area contributed by atoms with E-state index in [0.717, 1.165) is 18.5 Å². The Balaban J connectivity index is 2.38. The molecule has 0 aromatic carbocycles. The smallest absolute Gasteiger partial charge is 0.435 e. The molecule has 0 N–H and O–H groups in total. The Morgan fingerprint density at radius 2 is 1.95 bits per heavy atom. The monoisotopic (exact) mass is 294 g/mol. The van der Waals surface area contributed by atoms with Crippen LogP contribution in [0.3, 0.4) is 0 Å². The van der Waals surface area contributed by atoms with Crippen LogP contribution in [-0.4, -0.2) is 34.1 Å². The fourth-order valence-electron chi connectivity index (χ4n) is 2.18. The number of hydrogen-bond acceptors (Lipinski definition) is 5. The van der Waals surface area contributed by atoms with Crippen LogP contribution in [0.2, 0.25) is 0 Å². The van der Waals surface area contributed by atoms with Crippen LogP contribution >= 0.6 is 0 Å². The number of esters is 1. The number of carbonyl (C=O) groups excluding carboxylic acids is 2. The van der Waals surface area contributed by atoms with Crippen molar-refractivity contribution in [2.75, 3.05) is 6.61 Å². The quantitative estimate of drug-likeness (QED) is 0.801. The average molecular weight is 294 g/mol. The van der Waals surface area contributed by atoms with Crippen molar-refractivity contribution in [3.8, 4) is 0 Å². The molecular formula is C15H22N2O4. The Morgan fingerprint density at radius 3 is 2.43 bits per heavy atom. The Labute approximate surface area is 124 Å². The summed E-state index contributed by atoms with van der Waals surface area (Å²) in [7, 11) is 0. The van der Waals surface area contributed by atoms with Crippen LogP contribution in [0.5, 0.6) is 0 Å². The van der Waals surface area contributed by atoms with Crippen molar-refractivity contribution in [1.29, 1.82) is 0 Å². The van der Waals surface area contributed by atoms with Crippen LogP contribution in [-0.2, 0) is 9.47 Å². The zero-order valence-electron chi connectivity index (χ0n) is 13.2. The number of aromatic nitrogens is 2. The zero-order chi connectivity index (χ0) is 15.8. The van der Waals surface area contributed by atoms with Gasteiger partial charge in [0.05, 0.1) is 12.3 Å². The molecule has 2 rings (SSSR count). The van der Waals surface area contributed by atoms with E-state index in [1.165, 1.54) is 4.68 Å². The fourth-order valence-corrected chi connectivity index (χ4v) is 2.18. The van der Waals surface area contributed by atoms with Crippen LogP contribution < -0.4 is 0 Å². The average Bonchev–Trinajstić information content (AvgIpc) is 3.11. The first-order chi connectivity index (χ1) is 9.74. The molecule has 1 fully saturated rings. The molecule has 1 heterocycles. The molecule has 0 radical (unpaired) electrons.